The van der Waals surface area contributed by atoms with Gasteiger partial charge in [0.15, 0.2) is 0 Å². The molecule has 0 heterocycles. The highest BCUT2D eigenvalue weighted by Gasteiger charge is 2.12. The number of nitrogens with two attached hydrogens (primary N) is 2. The van der Waals surface area contributed by atoms with Crippen LogP contribution < -0.4 is 21.5 Å². The molecule has 1 atom stereocenters. The Hall–Kier alpha value is -2.86. The fraction of sp³-hybridized carbons (Fsp3) is 0.222. The van der Waals surface area contributed by atoms with E-state index in [1.807, 2.05) is 31.2 Å². The third kappa shape index (κ3) is 5.10. The highest BCUT2D eigenvalue weighted by atomic mass is 16.5. The molecule has 0 bridgehead atoms. The van der Waals surface area contributed by atoms with E-state index >= 15 is 0 Å². The summed E-state index contributed by atoms with van der Waals surface area (Å²) in [7, 11) is 0. The molecule has 0 aliphatic rings. The molecule has 0 saturated heterocycles. The second-order valence-electron chi connectivity index (χ2n) is 5.49. The third-order valence-corrected chi connectivity index (χ3v) is 3.51. The molecule has 2 aromatic rings. The molecule has 0 aromatic heterocycles. The zero-order valence-electron chi connectivity index (χ0n) is 13.5. The highest BCUT2D eigenvalue weighted by Crippen LogP contribution is 2.25. The van der Waals surface area contributed by atoms with Crippen molar-refractivity contribution >= 4 is 17.5 Å². The van der Waals surface area contributed by atoms with Crippen molar-refractivity contribution in [3.63, 3.8) is 0 Å². The molecular weight excluding hydrogens is 306 g/mol. The van der Waals surface area contributed by atoms with Gasteiger partial charge in [-0.05, 0) is 49.2 Å². The number of hydrogen-bond donors (Lipinski definition) is 3. The summed E-state index contributed by atoms with van der Waals surface area (Å²) in [6.07, 6.45) is 0.348. The topological polar surface area (TPSA) is 107 Å². The van der Waals surface area contributed by atoms with Gasteiger partial charge < -0.3 is 21.5 Å². The summed E-state index contributed by atoms with van der Waals surface area (Å²) in [6.45, 7) is 1.97. The lowest BCUT2D eigenvalue weighted by Gasteiger charge is -2.10. The van der Waals surface area contributed by atoms with Gasteiger partial charge in [-0.3, -0.25) is 9.59 Å². The molecular formula is C18H21N3O3. The number of carbonyl (C=O) groups is 2. The van der Waals surface area contributed by atoms with Crippen LogP contribution in [0.2, 0.25) is 0 Å². The maximum Gasteiger partial charge on any atom is 0.234 e. The number of aryl methyl sites for hydroxylation is 1. The van der Waals surface area contributed by atoms with E-state index in [0.29, 0.717) is 11.4 Å². The van der Waals surface area contributed by atoms with Gasteiger partial charge in [-0.25, -0.2) is 0 Å². The predicted octanol–water partition coefficient (Wildman–Crippen LogP) is 2.32. The zero-order chi connectivity index (χ0) is 17.5. The first-order valence-electron chi connectivity index (χ1n) is 7.64. The minimum absolute atomic E-state index is 0.131. The first-order valence-corrected chi connectivity index (χ1v) is 7.64. The summed E-state index contributed by atoms with van der Waals surface area (Å²) in [5.74, 6) is 0.632. The number of primary amides is 1. The van der Waals surface area contributed by atoms with E-state index in [0.717, 1.165) is 11.3 Å². The number of hydrogen-bond acceptors (Lipinski definition) is 4. The molecule has 0 radical (unpaired) electrons. The molecule has 5 N–H and O–H groups in total. The summed E-state index contributed by atoms with van der Waals surface area (Å²) in [5, 5.41) is 2.74. The van der Waals surface area contributed by atoms with Gasteiger partial charge in [0.05, 0.1) is 6.04 Å². The van der Waals surface area contributed by atoms with E-state index in [1.165, 1.54) is 0 Å². The highest BCUT2D eigenvalue weighted by molar-refractivity contribution is 5.91. The van der Waals surface area contributed by atoms with Crippen LogP contribution in [-0.4, -0.2) is 17.9 Å². The van der Waals surface area contributed by atoms with Crippen LogP contribution in [0.5, 0.6) is 11.5 Å². The van der Waals surface area contributed by atoms with E-state index in [1.54, 1.807) is 24.3 Å². The van der Waals surface area contributed by atoms with Gasteiger partial charge in [-0.2, -0.15) is 0 Å². The number of nitrogens with one attached hydrogen (secondary N) is 1. The number of anilines is 1. The normalized spacial score (nSPS) is 11.6. The molecule has 0 aliphatic heterocycles. The van der Waals surface area contributed by atoms with Crippen molar-refractivity contribution in [1.29, 1.82) is 0 Å². The van der Waals surface area contributed by atoms with Crippen molar-refractivity contribution in [2.45, 2.75) is 25.8 Å². The maximum absolute atomic E-state index is 11.8. The Kier molecular flexibility index (Phi) is 5.92. The Morgan fingerprint density at radius 3 is 2.42 bits per heavy atom. The van der Waals surface area contributed by atoms with E-state index in [9.17, 15) is 9.59 Å². The second-order valence-corrected chi connectivity index (χ2v) is 5.49. The fourth-order valence-electron chi connectivity index (χ4n) is 2.06. The Balaban J connectivity index is 1.89. The molecule has 0 saturated carbocycles. The van der Waals surface area contributed by atoms with E-state index in [2.05, 4.69) is 5.32 Å². The van der Waals surface area contributed by atoms with Crippen molar-refractivity contribution in [2.24, 2.45) is 11.5 Å². The number of benzene rings is 2. The van der Waals surface area contributed by atoms with Crippen molar-refractivity contribution in [2.75, 3.05) is 5.32 Å². The summed E-state index contributed by atoms with van der Waals surface area (Å²) < 4.78 is 5.79. The van der Waals surface area contributed by atoms with Crippen molar-refractivity contribution < 1.29 is 14.3 Å². The van der Waals surface area contributed by atoms with Gasteiger partial charge in [0.25, 0.3) is 0 Å². The first kappa shape index (κ1) is 17.5. The maximum atomic E-state index is 11.8. The lowest BCUT2D eigenvalue weighted by molar-refractivity contribution is -0.119. The van der Waals surface area contributed by atoms with Crippen molar-refractivity contribution in [1.82, 2.24) is 0 Å². The molecule has 0 unspecified atom stereocenters. The summed E-state index contributed by atoms with van der Waals surface area (Å²) in [6, 6.07) is 14.0. The fourth-order valence-corrected chi connectivity index (χ4v) is 2.06. The molecule has 2 rings (SSSR count). The van der Waals surface area contributed by atoms with Crippen LogP contribution >= 0.6 is 0 Å². The van der Waals surface area contributed by atoms with Gasteiger partial charge >= 0.3 is 0 Å². The van der Waals surface area contributed by atoms with Crippen molar-refractivity contribution in [3.05, 3.63) is 54.1 Å². The Bertz CT molecular complexity index is 714. The number of carbonyl (C=O) groups excluding carboxylic acids is 2. The van der Waals surface area contributed by atoms with E-state index < -0.39 is 11.9 Å². The molecule has 24 heavy (non-hydrogen) atoms. The van der Waals surface area contributed by atoms with Crippen LogP contribution in [-0.2, 0) is 9.59 Å². The quantitative estimate of drug-likeness (QED) is 0.725. The zero-order valence-corrected chi connectivity index (χ0v) is 13.5. The molecule has 6 nitrogen and oxygen atoms in total. The first-order chi connectivity index (χ1) is 11.5. The van der Waals surface area contributed by atoms with Gasteiger partial charge in [0.1, 0.15) is 11.5 Å². The molecule has 0 aliphatic carbocycles. The Morgan fingerprint density at radius 2 is 1.79 bits per heavy atom. The average molecular weight is 327 g/mol. The molecule has 0 spiro atoms. The van der Waals surface area contributed by atoms with Gasteiger partial charge in [0.2, 0.25) is 11.8 Å². The van der Waals surface area contributed by atoms with Crippen LogP contribution in [0.3, 0.4) is 0 Å². The van der Waals surface area contributed by atoms with Crippen LogP contribution in [0.25, 0.3) is 0 Å². The standard InChI is InChI=1S/C18H21N3O3/c1-12-4-2-3-5-16(12)24-14-8-6-13(7-9-14)21-17(22)11-10-15(19)18(20)23/h2-9,15H,10-11,19H2,1H3,(H2,20,23)(H,21,22)/t15-/m0/s1. The molecule has 2 aromatic carbocycles. The second kappa shape index (κ2) is 8.12. The largest absolute Gasteiger partial charge is 0.457 e. The number of ether oxygens (including phenoxy) is 1. The molecule has 126 valence electrons. The molecule has 6 heteroatoms. The van der Waals surface area contributed by atoms with Crippen LogP contribution in [0, 0.1) is 6.92 Å². The SMILES string of the molecule is Cc1ccccc1Oc1ccc(NC(=O)CC[C@H](N)C(N)=O)cc1. The predicted molar refractivity (Wildman–Crippen MR) is 92.7 cm³/mol. The monoisotopic (exact) mass is 327 g/mol. The van der Waals surface area contributed by atoms with Crippen LogP contribution in [0.15, 0.2) is 48.5 Å². The molecule has 0 fully saturated rings. The van der Waals surface area contributed by atoms with Gasteiger partial charge in [0, 0.05) is 12.1 Å². The lowest BCUT2D eigenvalue weighted by atomic mass is 10.1. The summed E-state index contributed by atoms with van der Waals surface area (Å²) in [5.41, 5.74) is 12.2. The number of amides is 2. The van der Waals surface area contributed by atoms with E-state index in [-0.39, 0.29) is 18.7 Å². The van der Waals surface area contributed by atoms with Crippen LogP contribution in [0.4, 0.5) is 5.69 Å². The van der Waals surface area contributed by atoms with Crippen molar-refractivity contribution in [3.8, 4) is 11.5 Å². The Morgan fingerprint density at radius 1 is 1.12 bits per heavy atom. The average Bonchev–Trinajstić information content (AvgIpc) is 2.56. The smallest absolute Gasteiger partial charge is 0.234 e. The third-order valence-electron chi connectivity index (χ3n) is 3.51. The lowest BCUT2D eigenvalue weighted by Crippen LogP contribution is -2.37. The van der Waals surface area contributed by atoms with Gasteiger partial charge in [-0.1, -0.05) is 18.2 Å². The minimum atomic E-state index is -0.805. The summed E-state index contributed by atoms with van der Waals surface area (Å²) in [4.78, 5) is 22.6. The molecule has 2 amide bonds. The number of rotatable bonds is 7. The Labute approximate surface area is 140 Å². The number of para-hydroxylation sites is 1. The van der Waals surface area contributed by atoms with E-state index in [4.69, 9.17) is 16.2 Å². The minimum Gasteiger partial charge on any atom is -0.457 e. The summed E-state index contributed by atoms with van der Waals surface area (Å²) >= 11 is 0. The van der Waals surface area contributed by atoms with Crippen LogP contribution in [0.1, 0.15) is 18.4 Å². The van der Waals surface area contributed by atoms with Gasteiger partial charge in [-0.15, -0.1) is 0 Å².